The van der Waals surface area contributed by atoms with Crippen molar-refractivity contribution in [1.82, 2.24) is 0 Å². The Morgan fingerprint density at radius 2 is 2.31 bits per heavy atom. The molecule has 0 spiro atoms. The Bertz CT molecular complexity index is 360. The molecule has 0 aromatic heterocycles. The van der Waals surface area contributed by atoms with Gasteiger partial charge in [0.15, 0.2) is 0 Å². The molecule has 3 N–H and O–H groups in total. The van der Waals surface area contributed by atoms with E-state index in [2.05, 4.69) is 11.4 Å². The summed E-state index contributed by atoms with van der Waals surface area (Å²) in [6, 6.07) is 5.58. The van der Waals surface area contributed by atoms with Crippen LogP contribution in [0.3, 0.4) is 0 Å². The quantitative estimate of drug-likeness (QED) is 0.614. The molecular formula is C10H12N2O. The number of nitrogens with one attached hydrogen (secondary N) is 1. The molecule has 1 aliphatic heterocycles. The van der Waals surface area contributed by atoms with Gasteiger partial charge in [0.2, 0.25) is 5.91 Å². The number of carbonyl (C=O) groups is 1. The largest absolute Gasteiger partial charge is 0.324 e. The number of nitrogens with two attached hydrogens (primary N) is 1. The van der Waals surface area contributed by atoms with Gasteiger partial charge in [0.05, 0.1) is 6.04 Å². The molecule has 68 valence electrons. The third-order valence-electron chi connectivity index (χ3n) is 2.30. The van der Waals surface area contributed by atoms with Crippen LogP contribution >= 0.6 is 0 Å². The van der Waals surface area contributed by atoms with Crippen LogP contribution in [0.25, 0.3) is 0 Å². The van der Waals surface area contributed by atoms with Gasteiger partial charge in [-0.25, -0.2) is 0 Å². The molecule has 0 bridgehead atoms. The molecule has 0 saturated heterocycles. The van der Waals surface area contributed by atoms with Crippen molar-refractivity contribution < 1.29 is 4.79 Å². The van der Waals surface area contributed by atoms with E-state index in [1.54, 1.807) is 0 Å². The summed E-state index contributed by atoms with van der Waals surface area (Å²) in [6.07, 6.45) is 0.642. The molecule has 0 aliphatic carbocycles. The average Bonchev–Trinajstić information content (AvgIpc) is 2.08. The molecule has 1 aliphatic rings. The van der Waals surface area contributed by atoms with Crippen molar-refractivity contribution in [2.45, 2.75) is 19.4 Å². The SMILES string of the molecule is Cc1ccc2c(c1)CC(N)C(=O)N2. The van der Waals surface area contributed by atoms with Gasteiger partial charge in [-0.05, 0) is 25.0 Å². The van der Waals surface area contributed by atoms with Gasteiger partial charge in [0.25, 0.3) is 0 Å². The topological polar surface area (TPSA) is 55.1 Å². The molecule has 3 nitrogen and oxygen atoms in total. The maximum Gasteiger partial charge on any atom is 0.241 e. The molecule has 3 heteroatoms. The maximum absolute atomic E-state index is 11.2. The van der Waals surface area contributed by atoms with E-state index in [4.69, 9.17) is 5.73 Å². The number of hydrogen-bond donors (Lipinski definition) is 2. The molecule has 0 saturated carbocycles. The molecular weight excluding hydrogens is 164 g/mol. The Morgan fingerprint density at radius 1 is 1.54 bits per heavy atom. The number of rotatable bonds is 0. The van der Waals surface area contributed by atoms with Crippen molar-refractivity contribution in [2.75, 3.05) is 5.32 Å². The molecule has 0 radical (unpaired) electrons. The molecule has 13 heavy (non-hydrogen) atoms. The van der Waals surface area contributed by atoms with Crippen LogP contribution < -0.4 is 11.1 Å². The lowest BCUT2D eigenvalue weighted by atomic mass is 9.98. The van der Waals surface area contributed by atoms with Gasteiger partial charge in [-0.1, -0.05) is 17.7 Å². The highest BCUT2D eigenvalue weighted by Gasteiger charge is 2.21. The number of carbonyl (C=O) groups excluding carboxylic acids is 1. The van der Waals surface area contributed by atoms with Gasteiger partial charge in [0, 0.05) is 5.69 Å². The van der Waals surface area contributed by atoms with Crippen LogP contribution in [0.2, 0.25) is 0 Å². The fourth-order valence-corrected chi connectivity index (χ4v) is 1.57. The lowest BCUT2D eigenvalue weighted by molar-refractivity contribution is -0.117. The predicted octanol–water partition coefficient (Wildman–Crippen LogP) is 0.817. The van der Waals surface area contributed by atoms with Crippen LogP contribution in [-0.4, -0.2) is 11.9 Å². The van der Waals surface area contributed by atoms with Crippen molar-refractivity contribution in [3.8, 4) is 0 Å². The second kappa shape index (κ2) is 2.85. The van der Waals surface area contributed by atoms with Crippen molar-refractivity contribution in [1.29, 1.82) is 0 Å². The Kier molecular flexibility index (Phi) is 1.81. The van der Waals surface area contributed by atoms with E-state index < -0.39 is 6.04 Å². The summed E-state index contributed by atoms with van der Waals surface area (Å²) in [5.41, 5.74) is 8.86. The number of fused-ring (bicyclic) bond motifs is 1. The number of benzene rings is 1. The van der Waals surface area contributed by atoms with Crippen LogP contribution in [0.15, 0.2) is 18.2 Å². The molecule has 1 aromatic rings. The monoisotopic (exact) mass is 176 g/mol. The minimum absolute atomic E-state index is 0.0867. The Hall–Kier alpha value is -1.35. The Balaban J connectivity index is 2.42. The maximum atomic E-state index is 11.2. The summed E-state index contributed by atoms with van der Waals surface area (Å²) in [5.74, 6) is -0.0867. The number of anilines is 1. The summed E-state index contributed by atoms with van der Waals surface area (Å²) in [4.78, 5) is 11.2. The first kappa shape index (κ1) is 8.26. The van der Waals surface area contributed by atoms with E-state index >= 15 is 0 Å². The van der Waals surface area contributed by atoms with Gasteiger partial charge in [-0.3, -0.25) is 4.79 Å². The van der Waals surface area contributed by atoms with Crippen LogP contribution in [0.4, 0.5) is 5.69 Å². The van der Waals surface area contributed by atoms with E-state index in [1.807, 2.05) is 19.1 Å². The zero-order valence-corrected chi connectivity index (χ0v) is 7.50. The summed E-state index contributed by atoms with van der Waals surface area (Å²) < 4.78 is 0. The fourth-order valence-electron chi connectivity index (χ4n) is 1.57. The highest BCUT2D eigenvalue weighted by molar-refractivity contribution is 5.97. The first-order chi connectivity index (χ1) is 6.16. The van der Waals surface area contributed by atoms with Crippen LogP contribution in [-0.2, 0) is 11.2 Å². The zero-order chi connectivity index (χ0) is 9.42. The van der Waals surface area contributed by atoms with E-state index in [9.17, 15) is 4.79 Å². The normalized spacial score (nSPS) is 20.8. The van der Waals surface area contributed by atoms with Gasteiger partial charge in [-0.2, -0.15) is 0 Å². The highest BCUT2D eigenvalue weighted by atomic mass is 16.2. The second-order valence-electron chi connectivity index (χ2n) is 3.46. The van der Waals surface area contributed by atoms with E-state index in [0.29, 0.717) is 6.42 Å². The Morgan fingerprint density at radius 3 is 3.08 bits per heavy atom. The van der Waals surface area contributed by atoms with E-state index in [0.717, 1.165) is 11.3 Å². The average molecular weight is 176 g/mol. The van der Waals surface area contributed by atoms with Crippen LogP contribution in [0.5, 0.6) is 0 Å². The number of hydrogen-bond acceptors (Lipinski definition) is 2. The highest BCUT2D eigenvalue weighted by Crippen LogP contribution is 2.22. The molecule has 0 fully saturated rings. The fraction of sp³-hybridized carbons (Fsp3) is 0.300. The third kappa shape index (κ3) is 1.42. The minimum Gasteiger partial charge on any atom is -0.324 e. The number of amides is 1. The lowest BCUT2D eigenvalue weighted by Crippen LogP contribution is -2.41. The van der Waals surface area contributed by atoms with Gasteiger partial charge < -0.3 is 11.1 Å². The summed E-state index contributed by atoms with van der Waals surface area (Å²) >= 11 is 0. The third-order valence-corrected chi connectivity index (χ3v) is 2.30. The summed E-state index contributed by atoms with van der Waals surface area (Å²) in [7, 11) is 0. The lowest BCUT2D eigenvalue weighted by Gasteiger charge is -2.21. The molecule has 1 atom stereocenters. The predicted molar refractivity (Wildman–Crippen MR) is 51.5 cm³/mol. The molecule has 1 amide bonds. The van der Waals surface area contributed by atoms with Crippen molar-refractivity contribution in [3.63, 3.8) is 0 Å². The standard InChI is InChI=1S/C10H12N2O/c1-6-2-3-9-7(4-6)5-8(11)10(13)12-9/h2-4,8H,5,11H2,1H3,(H,12,13). The smallest absolute Gasteiger partial charge is 0.241 e. The first-order valence-electron chi connectivity index (χ1n) is 4.33. The second-order valence-corrected chi connectivity index (χ2v) is 3.46. The molecule has 2 rings (SSSR count). The van der Waals surface area contributed by atoms with E-state index in [1.165, 1.54) is 5.56 Å². The van der Waals surface area contributed by atoms with Crippen molar-refractivity contribution in [2.24, 2.45) is 5.73 Å². The summed E-state index contributed by atoms with van der Waals surface area (Å²) in [6.45, 7) is 2.03. The van der Waals surface area contributed by atoms with Crippen molar-refractivity contribution in [3.05, 3.63) is 29.3 Å². The Labute approximate surface area is 76.9 Å². The first-order valence-corrected chi connectivity index (χ1v) is 4.33. The molecule has 1 aromatic carbocycles. The van der Waals surface area contributed by atoms with Crippen LogP contribution in [0, 0.1) is 6.92 Å². The zero-order valence-electron chi connectivity index (χ0n) is 7.50. The van der Waals surface area contributed by atoms with Crippen LogP contribution in [0.1, 0.15) is 11.1 Å². The van der Waals surface area contributed by atoms with Gasteiger partial charge in [-0.15, -0.1) is 0 Å². The molecule has 1 unspecified atom stereocenters. The van der Waals surface area contributed by atoms with E-state index in [-0.39, 0.29) is 5.91 Å². The van der Waals surface area contributed by atoms with Crippen molar-refractivity contribution >= 4 is 11.6 Å². The summed E-state index contributed by atoms with van der Waals surface area (Å²) in [5, 5.41) is 2.77. The van der Waals surface area contributed by atoms with Gasteiger partial charge in [0.1, 0.15) is 0 Å². The van der Waals surface area contributed by atoms with Gasteiger partial charge >= 0.3 is 0 Å². The minimum atomic E-state index is -0.394. The number of aryl methyl sites for hydroxylation is 1. The molecule has 1 heterocycles.